The van der Waals surface area contributed by atoms with E-state index in [1.54, 1.807) is 25.1 Å². The lowest BCUT2D eigenvalue weighted by atomic mass is 10.1. The van der Waals surface area contributed by atoms with Gasteiger partial charge in [-0.15, -0.1) is 5.10 Å². The van der Waals surface area contributed by atoms with Gasteiger partial charge in [0.25, 0.3) is 0 Å². The average molecular weight is 350 g/mol. The summed E-state index contributed by atoms with van der Waals surface area (Å²) < 4.78 is 6.98. The number of aromatic nitrogens is 3. The Kier molecular flexibility index (Phi) is 5.07. The van der Waals surface area contributed by atoms with Crippen molar-refractivity contribution in [3.05, 3.63) is 72.1 Å². The molecule has 132 valence electrons. The van der Waals surface area contributed by atoms with Crippen molar-refractivity contribution in [3.8, 4) is 5.69 Å². The summed E-state index contributed by atoms with van der Waals surface area (Å²) in [6.45, 7) is 3.19. The van der Waals surface area contributed by atoms with Crippen LogP contribution in [-0.2, 0) is 9.53 Å². The number of hydrogen-bond acceptors (Lipinski definition) is 5. The molecule has 2 aromatic carbocycles. The van der Waals surface area contributed by atoms with E-state index < -0.39 is 12.1 Å². The van der Waals surface area contributed by atoms with Gasteiger partial charge in [0.1, 0.15) is 6.10 Å². The highest BCUT2D eigenvalue weighted by molar-refractivity contribution is 5.89. The number of carbonyl (C=O) groups excluding carboxylic acids is 2. The molecule has 0 aliphatic rings. The van der Waals surface area contributed by atoms with Gasteiger partial charge in [0.2, 0.25) is 5.91 Å². The number of nitrogens with zero attached hydrogens (tertiary/aromatic N) is 3. The van der Waals surface area contributed by atoms with Crippen LogP contribution in [0.1, 0.15) is 36.0 Å². The molecule has 1 atom stereocenters. The van der Waals surface area contributed by atoms with Gasteiger partial charge in [-0.2, -0.15) is 0 Å². The summed E-state index contributed by atoms with van der Waals surface area (Å²) in [6.07, 6.45) is 1.02. The van der Waals surface area contributed by atoms with Crippen molar-refractivity contribution in [3.63, 3.8) is 0 Å². The Labute approximate surface area is 150 Å². The van der Waals surface area contributed by atoms with E-state index in [-0.39, 0.29) is 11.6 Å². The van der Waals surface area contributed by atoms with Crippen LogP contribution in [0, 0.1) is 0 Å². The summed E-state index contributed by atoms with van der Waals surface area (Å²) in [6, 6.07) is 16.5. The van der Waals surface area contributed by atoms with Gasteiger partial charge < -0.3 is 10.1 Å². The maximum Gasteiger partial charge on any atom is 0.361 e. The Morgan fingerprint density at radius 3 is 2.62 bits per heavy atom. The largest absolute Gasteiger partial charge is 0.453 e. The molecule has 1 aromatic heterocycles. The molecule has 0 saturated carbocycles. The Bertz CT molecular complexity index is 921. The van der Waals surface area contributed by atoms with Crippen molar-refractivity contribution in [2.75, 3.05) is 5.32 Å². The maximum absolute atomic E-state index is 12.3. The first-order valence-electron chi connectivity index (χ1n) is 8.09. The van der Waals surface area contributed by atoms with Crippen LogP contribution >= 0.6 is 0 Å². The lowest BCUT2D eigenvalue weighted by molar-refractivity contribution is -0.114. The Morgan fingerprint density at radius 1 is 1.12 bits per heavy atom. The van der Waals surface area contributed by atoms with Crippen molar-refractivity contribution in [1.82, 2.24) is 15.0 Å². The molecule has 1 unspecified atom stereocenters. The van der Waals surface area contributed by atoms with Crippen LogP contribution in [0.3, 0.4) is 0 Å². The molecule has 0 aliphatic heterocycles. The molecular weight excluding hydrogens is 332 g/mol. The minimum absolute atomic E-state index is 0.124. The normalized spacial score (nSPS) is 11.6. The number of benzene rings is 2. The van der Waals surface area contributed by atoms with Crippen LogP contribution < -0.4 is 5.32 Å². The van der Waals surface area contributed by atoms with Crippen LogP contribution in [0.5, 0.6) is 0 Å². The first kappa shape index (κ1) is 17.3. The van der Waals surface area contributed by atoms with Gasteiger partial charge in [0, 0.05) is 12.6 Å². The molecule has 7 nitrogen and oxygen atoms in total. The molecule has 7 heteroatoms. The molecule has 26 heavy (non-hydrogen) atoms. The summed E-state index contributed by atoms with van der Waals surface area (Å²) in [5.41, 5.74) is 2.33. The summed E-state index contributed by atoms with van der Waals surface area (Å²) in [4.78, 5) is 23.5. The fourth-order valence-electron chi connectivity index (χ4n) is 2.43. The van der Waals surface area contributed by atoms with E-state index in [1.807, 2.05) is 36.4 Å². The van der Waals surface area contributed by atoms with Gasteiger partial charge in [0.05, 0.1) is 11.9 Å². The van der Waals surface area contributed by atoms with Crippen molar-refractivity contribution in [1.29, 1.82) is 0 Å². The molecule has 0 fully saturated rings. The van der Waals surface area contributed by atoms with Gasteiger partial charge in [-0.05, 0) is 36.8 Å². The predicted molar refractivity (Wildman–Crippen MR) is 95.9 cm³/mol. The molecular formula is C19H18N4O3. The summed E-state index contributed by atoms with van der Waals surface area (Å²) in [7, 11) is 0. The average Bonchev–Trinajstić information content (AvgIpc) is 3.12. The van der Waals surface area contributed by atoms with Crippen molar-refractivity contribution < 1.29 is 14.3 Å². The molecule has 0 aliphatic carbocycles. The van der Waals surface area contributed by atoms with E-state index in [4.69, 9.17) is 4.74 Å². The molecule has 1 N–H and O–H groups in total. The number of para-hydroxylation sites is 1. The standard InChI is InChI=1S/C19H18N4O3/c1-13(15-7-6-8-16(11-15)20-14(2)24)26-19(25)18-12-23(22-21-18)17-9-4-3-5-10-17/h3-13H,1-2H3,(H,20,24). The van der Waals surface area contributed by atoms with Gasteiger partial charge >= 0.3 is 5.97 Å². The van der Waals surface area contributed by atoms with Crippen LogP contribution in [0.2, 0.25) is 0 Å². The smallest absolute Gasteiger partial charge is 0.361 e. The number of ether oxygens (including phenoxy) is 1. The Balaban J connectivity index is 1.70. The Hall–Kier alpha value is -3.48. The van der Waals surface area contributed by atoms with Crippen molar-refractivity contribution in [2.24, 2.45) is 0 Å². The molecule has 0 radical (unpaired) electrons. The zero-order chi connectivity index (χ0) is 18.5. The molecule has 0 saturated heterocycles. The number of rotatable bonds is 5. The van der Waals surface area contributed by atoms with Gasteiger partial charge in [0.15, 0.2) is 5.69 Å². The van der Waals surface area contributed by atoms with E-state index in [2.05, 4.69) is 15.6 Å². The zero-order valence-corrected chi connectivity index (χ0v) is 14.4. The number of esters is 1. The third-order valence-electron chi connectivity index (χ3n) is 3.68. The number of hydrogen-bond donors (Lipinski definition) is 1. The molecule has 0 spiro atoms. The van der Waals surface area contributed by atoms with E-state index in [0.717, 1.165) is 11.3 Å². The van der Waals surface area contributed by atoms with E-state index >= 15 is 0 Å². The van der Waals surface area contributed by atoms with Gasteiger partial charge in [-0.1, -0.05) is 35.5 Å². The molecule has 0 bridgehead atoms. The maximum atomic E-state index is 12.3. The SMILES string of the molecule is CC(=O)Nc1cccc(C(C)OC(=O)c2cn(-c3ccccc3)nn2)c1. The predicted octanol–water partition coefficient (Wildman–Crippen LogP) is 3.14. The number of nitrogens with one attached hydrogen (secondary N) is 1. The second kappa shape index (κ2) is 7.60. The highest BCUT2D eigenvalue weighted by Crippen LogP contribution is 2.21. The highest BCUT2D eigenvalue weighted by atomic mass is 16.5. The summed E-state index contributed by atoms with van der Waals surface area (Å²) in [5, 5.41) is 10.5. The van der Waals surface area contributed by atoms with Crippen molar-refractivity contribution in [2.45, 2.75) is 20.0 Å². The lowest BCUT2D eigenvalue weighted by Crippen LogP contribution is -2.11. The number of amides is 1. The Morgan fingerprint density at radius 2 is 1.88 bits per heavy atom. The molecule has 3 rings (SSSR count). The first-order valence-corrected chi connectivity index (χ1v) is 8.09. The molecule has 1 heterocycles. The minimum atomic E-state index is -0.565. The zero-order valence-electron chi connectivity index (χ0n) is 14.4. The van der Waals surface area contributed by atoms with Gasteiger partial charge in [-0.25, -0.2) is 9.48 Å². The highest BCUT2D eigenvalue weighted by Gasteiger charge is 2.17. The third-order valence-corrected chi connectivity index (χ3v) is 3.68. The molecule has 3 aromatic rings. The molecule has 1 amide bonds. The van der Waals surface area contributed by atoms with Crippen LogP contribution in [0.25, 0.3) is 5.69 Å². The van der Waals surface area contributed by atoms with Gasteiger partial charge in [-0.3, -0.25) is 4.79 Å². The van der Waals surface area contributed by atoms with Crippen LogP contribution in [0.4, 0.5) is 5.69 Å². The quantitative estimate of drug-likeness (QED) is 0.715. The van der Waals surface area contributed by atoms with E-state index in [1.165, 1.54) is 17.8 Å². The van der Waals surface area contributed by atoms with Crippen LogP contribution in [-0.4, -0.2) is 26.9 Å². The van der Waals surface area contributed by atoms with Crippen molar-refractivity contribution >= 4 is 17.6 Å². The van der Waals surface area contributed by atoms with Crippen LogP contribution in [0.15, 0.2) is 60.8 Å². The van der Waals surface area contributed by atoms with E-state index in [9.17, 15) is 9.59 Å². The fourth-order valence-corrected chi connectivity index (χ4v) is 2.43. The minimum Gasteiger partial charge on any atom is -0.453 e. The first-order chi connectivity index (χ1) is 12.5. The summed E-state index contributed by atoms with van der Waals surface area (Å²) >= 11 is 0. The van der Waals surface area contributed by atoms with E-state index in [0.29, 0.717) is 5.69 Å². The summed E-state index contributed by atoms with van der Waals surface area (Å²) in [5.74, 6) is -0.728. The second-order valence-corrected chi connectivity index (χ2v) is 5.74. The third kappa shape index (κ3) is 4.13. The number of anilines is 1. The lowest BCUT2D eigenvalue weighted by Gasteiger charge is -2.14. The topological polar surface area (TPSA) is 86.1 Å². The second-order valence-electron chi connectivity index (χ2n) is 5.74. The number of carbonyl (C=O) groups is 2. The monoisotopic (exact) mass is 350 g/mol. The fraction of sp³-hybridized carbons (Fsp3) is 0.158.